The molecular formula is C26H22F2N2O2. The van der Waals surface area contributed by atoms with Gasteiger partial charge in [-0.05, 0) is 54.7 Å². The molecule has 1 aliphatic heterocycles. The zero-order valence-corrected chi connectivity index (χ0v) is 17.4. The van der Waals surface area contributed by atoms with Crippen molar-refractivity contribution in [1.82, 2.24) is 9.88 Å². The monoisotopic (exact) mass is 432 g/mol. The summed E-state index contributed by atoms with van der Waals surface area (Å²) in [6, 6.07) is 18.5. The summed E-state index contributed by atoms with van der Waals surface area (Å²) in [7, 11) is 0. The van der Waals surface area contributed by atoms with E-state index >= 15 is 0 Å². The second-order valence-electron chi connectivity index (χ2n) is 8.09. The highest BCUT2D eigenvalue weighted by Crippen LogP contribution is 2.35. The molecule has 0 spiro atoms. The lowest BCUT2D eigenvalue weighted by atomic mass is 10.0. The maximum absolute atomic E-state index is 14.2. The number of fused-ring (bicyclic) bond motifs is 1. The highest BCUT2D eigenvalue weighted by atomic mass is 19.1. The van der Waals surface area contributed by atoms with Crippen molar-refractivity contribution in [3.05, 3.63) is 89.8 Å². The Morgan fingerprint density at radius 2 is 1.91 bits per heavy atom. The number of nitrogens with zero attached hydrogens (tertiary/aromatic N) is 2. The molecule has 5 rings (SSSR count). The van der Waals surface area contributed by atoms with Crippen LogP contribution in [0.4, 0.5) is 8.78 Å². The predicted molar refractivity (Wildman–Crippen MR) is 118 cm³/mol. The average Bonchev–Trinajstić information content (AvgIpc) is 3.44. The third kappa shape index (κ3) is 4.00. The van der Waals surface area contributed by atoms with Crippen LogP contribution < -0.4 is 0 Å². The number of amides is 1. The molecule has 4 aromatic rings. The van der Waals surface area contributed by atoms with Gasteiger partial charge in [0.2, 0.25) is 11.8 Å². The molecule has 1 fully saturated rings. The SMILES string of the molecule is O=C(CCc1ccccc1)N1CCC[C@@H]1c1nc2cc(-c3ccc(F)cc3F)ccc2o1. The van der Waals surface area contributed by atoms with Gasteiger partial charge in [0, 0.05) is 24.6 Å². The van der Waals surface area contributed by atoms with Crippen molar-refractivity contribution in [3.8, 4) is 11.1 Å². The van der Waals surface area contributed by atoms with E-state index in [1.54, 1.807) is 18.2 Å². The average molecular weight is 432 g/mol. The minimum Gasteiger partial charge on any atom is -0.438 e. The van der Waals surface area contributed by atoms with Gasteiger partial charge in [-0.2, -0.15) is 0 Å². The summed E-state index contributed by atoms with van der Waals surface area (Å²) >= 11 is 0. The maximum Gasteiger partial charge on any atom is 0.223 e. The molecule has 32 heavy (non-hydrogen) atoms. The van der Waals surface area contributed by atoms with Crippen LogP contribution in [0, 0.1) is 11.6 Å². The normalized spacial score (nSPS) is 16.1. The Hall–Kier alpha value is -3.54. The number of halogens is 2. The smallest absolute Gasteiger partial charge is 0.223 e. The summed E-state index contributed by atoms with van der Waals surface area (Å²) in [4.78, 5) is 19.4. The molecular weight excluding hydrogens is 410 g/mol. The number of benzene rings is 3. The number of hydrogen-bond donors (Lipinski definition) is 0. The predicted octanol–water partition coefficient (Wildman–Crippen LogP) is 6.07. The van der Waals surface area contributed by atoms with E-state index < -0.39 is 11.6 Å². The summed E-state index contributed by atoms with van der Waals surface area (Å²) in [5.41, 5.74) is 3.20. The lowest BCUT2D eigenvalue weighted by Gasteiger charge is -2.22. The first-order valence-corrected chi connectivity index (χ1v) is 10.8. The van der Waals surface area contributed by atoms with E-state index in [1.165, 1.54) is 12.1 Å². The second-order valence-corrected chi connectivity index (χ2v) is 8.09. The fraction of sp³-hybridized carbons (Fsp3) is 0.231. The van der Waals surface area contributed by atoms with Crippen molar-refractivity contribution in [2.75, 3.05) is 6.54 Å². The van der Waals surface area contributed by atoms with Crippen molar-refractivity contribution in [2.24, 2.45) is 0 Å². The molecule has 3 aromatic carbocycles. The molecule has 1 amide bonds. The Morgan fingerprint density at radius 3 is 2.72 bits per heavy atom. The fourth-order valence-electron chi connectivity index (χ4n) is 4.34. The topological polar surface area (TPSA) is 46.3 Å². The highest BCUT2D eigenvalue weighted by Gasteiger charge is 2.33. The van der Waals surface area contributed by atoms with Crippen molar-refractivity contribution >= 4 is 17.0 Å². The van der Waals surface area contributed by atoms with Crippen LogP contribution in [-0.4, -0.2) is 22.3 Å². The number of aromatic nitrogens is 1. The van der Waals surface area contributed by atoms with E-state index in [-0.39, 0.29) is 11.9 Å². The summed E-state index contributed by atoms with van der Waals surface area (Å²) < 4.78 is 33.4. The molecule has 1 aliphatic rings. The van der Waals surface area contributed by atoms with Gasteiger partial charge in [0.25, 0.3) is 0 Å². The molecule has 1 atom stereocenters. The Bertz CT molecular complexity index is 1270. The first-order chi connectivity index (χ1) is 15.6. The van der Waals surface area contributed by atoms with Crippen LogP contribution in [-0.2, 0) is 11.2 Å². The van der Waals surface area contributed by atoms with E-state index in [1.807, 2.05) is 35.2 Å². The number of likely N-dealkylation sites (tertiary alicyclic amines) is 1. The number of oxazole rings is 1. The first-order valence-electron chi connectivity index (χ1n) is 10.8. The first kappa shape index (κ1) is 20.4. The molecule has 0 bridgehead atoms. The molecule has 0 unspecified atom stereocenters. The summed E-state index contributed by atoms with van der Waals surface area (Å²) in [5.74, 6) is -0.650. The summed E-state index contributed by atoms with van der Waals surface area (Å²) in [6.45, 7) is 0.684. The zero-order chi connectivity index (χ0) is 22.1. The van der Waals surface area contributed by atoms with Crippen LogP contribution in [0.2, 0.25) is 0 Å². The van der Waals surface area contributed by atoms with Gasteiger partial charge >= 0.3 is 0 Å². The molecule has 0 aliphatic carbocycles. The van der Waals surface area contributed by atoms with Crippen LogP contribution in [0.15, 0.2) is 71.1 Å². The molecule has 4 nitrogen and oxygen atoms in total. The van der Waals surface area contributed by atoms with E-state index in [0.717, 1.165) is 24.5 Å². The zero-order valence-electron chi connectivity index (χ0n) is 17.4. The van der Waals surface area contributed by atoms with E-state index in [2.05, 4.69) is 4.98 Å². The van der Waals surface area contributed by atoms with Gasteiger partial charge in [0.1, 0.15) is 23.2 Å². The van der Waals surface area contributed by atoms with Crippen LogP contribution in [0.5, 0.6) is 0 Å². The van der Waals surface area contributed by atoms with E-state index in [9.17, 15) is 13.6 Å². The molecule has 2 heterocycles. The van der Waals surface area contributed by atoms with Crippen molar-refractivity contribution < 1.29 is 18.0 Å². The Balaban J connectivity index is 1.37. The molecule has 0 saturated carbocycles. The van der Waals surface area contributed by atoms with Crippen LogP contribution in [0.25, 0.3) is 22.2 Å². The second kappa shape index (κ2) is 8.54. The minimum absolute atomic E-state index is 0.0904. The molecule has 1 saturated heterocycles. The van der Waals surface area contributed by atoms with Gasteiger partial charge in [-0.3, -0.25) is 4.79 Å². The third-order valence-electron chi connectivity index (χ3n) is 5.97. The molecule has 162 valence electrons. The van der Waals surface area contributed by atoms with Gasteiger partial charge in [-0.1, -0.05) is 36.4 Å². The summed E-state index contributed by atoms with van der Waals surface area (Å²) in [5, 5.41) is 0. The largest absolute Gasteiger partial charge is 0.438 e. The minimum atomic E-state index is -0.626. The van der Waals surface area contributed by atoms with Crippen molar-refractivity contribution in [2.45, 2.75) is 31.7 Å². The van der Waals surface area contributed by atoms with E-state index in [0.29, 0.717) is 47.5 Å². The quantitative estimate of drug-likeness (QED) is 0.385. The van der Waals surface area contributed by atoms with E-state index in [4.69, 9.17) is 4.42 Å². The van der Waals surface area contributed by atoms with Crippen LogP contribution in [0.3, 0.4) is 0 Å². The standard InChI is InChI=1S/C26H22F2N2O2/c27-19-10-11-20(21(28)16-19)18-9-12-24-22(15-18)29-26(32-24)23-7-4-14-30(23)25(31)13-8-17-5-2-1-3-6-17/h1-3,5-6,9-12,15-16,23H,4,7-8,13-14H2/t23-/m1/s1. The fourth-order valence-corrected chi connectivity index (χ4v) is 4.34. The number of hydrogen-bond acceptors (Lipinski definition) is 3. The number of rotatable bonds is 5. The van der Waals surface area contributed by atoms with Gasteiger partial charge in [-0.25, -0.2) is 13.8 Å². The van der Waals surface area contributed by atoms with Crippen LogP contribution in [0.1, 0.15) is 36.8 Å². The molecule has 6 heteroatoms. The Labute approximate surface area is 184 Å². The van der Waals surface area contributed by atoms with Crippen LogP contribution >= 0.6 is 0 Å². The third-order valence-corrected chi connectivity index (χ3v) is 5.97. The lowest BCUT2D eigenvalue weighted by Crippen LogP contribution is -2.30. The Morgan fingerprint density at radius 1 is 1.06 bits per heavy atom. The summed E-state index contributed by atoms with van der Waals surface area (Å²) in [6.07, 6.45) is 2.83. The van der Waals surface area contributed by atoms with Gasteiger partial charge in [0.15, 0.2) is 5.58 Å². The maximum atomic E-state index is 14.2. The molecule has 0 N–H and O–H groups in total. The molecule has 1 aromatic heterocycles. The van der Waals surface area contributed by atoms with Crippen molar-refractivity contribution in [1.29, 1.82) is 0 Å². The number of carbonyl (C=O) groups excluding carboxylic acids is 1. The van der Waals surface area contributed by atoms with Gasteiger partial charge in [-0.15, -0.1) is 0 Å². The lowest BCUT2D eigenvalue weighted by molar-refractivity contribution is -0.132. The highest BCUT2D eigenvalue weighted by molar-refractivity contribution is 5.81. The number of aryl methyl sites for hydroxylation is 1. The van der Waals surface area contributed by atoms with Crippen molar-refractivity contribution in [3.63, 3.8) is 0 Å². The molecule has 0 radical (unpaired) electrons. The Kier molecular flexibility index (Phi) is 5.43. The van der Waals surface area contributed by atoms with Gasteiger partial charge < -0.3 is 9.32 Å². The van der Waals surface area contributed by atoms with Gasteiger partial charge in [0.05, 0.1) is 0 Å². The number of carbonyl (C=O) groups is 1.